The first kappa shape index (κ1) is 14.4. The van der Waals surface area contributed by atoms with Gasteiger partial charge in [0, 0.05) is 18.8 Å². The number of halogens is 2. The van der Waals surface area contributed by atoms with Gasteiger partial charge < -0.3 is 15.7 Å². The third-order valence-electron chi connectivity index (χ3n) is 2.92. The highest BCUT2D eigenvalue weighted by Gasteiger charge is 2.29. The summed E-state index contributed by atoms with van der Waals surface area (Å²) in [5, 5.41) is 9.17. The summed E-state index contributed by atoms with van der Waals surface area (Å²) in [4.78, 5) is 13.3. The van der Waals surface area contributed by atoms with Crippen molar-refractivity contribution in [2.75, 3.05) is 19.4 Å². The Morgan fingerprint density at radius 2 is 1.89 bits per heavy atom. The molecule has 0 aliphatic carbocycles. The van der Waals surface area contributed by atoms with Crippen LogP contribution < -0.4 is 5.73 Å². The maximum atomic E-state index is 13.1. The molecule has 6 heteroatoms. The minimum Gasteiger partial charge on any atom is -0.398 e. The third kappa shape index (κ3) is 2.59. The summed E-state index contributed by atoms with van der Waals surface area (Å²) in [5.74, 6) is -2.82. The fourth-order valence-corrected chi connectivity index (χ4v) is 1.31. The van der Waals surface area contributed by atoms with E-state index in [2.05, 4.69) is 0 Å². The number of likely N-dealkylation sites (N-methyl/N-ethyl adjacent to an activating group) is 1. The van der Waals surface area contributed by atoms with Crippen LogP contribution in [-0.2, 0) is 0 Å². The van der Waals surface area contributed by atoms with Crippen LogP contribution in [-0.4, -0.2) is 35.1 Å². The lowest BCUT2D eigenvalue weighted by molar-refractivity contribution is 0.0473. The minimum absolute atomic E-state index is 0.127. The van der Waals surface area contributed by atoms with Gasteiger partial charge in [0.25, 0.3) is 5.91 Å². The molecule has 0 atom stereocenters. The molecule has 0 radical (unpaired) electrons. The molecule has 0 unspecified atom stereocenters. The Morgan fingerprint density at radius 3 is 2.39 bits per heavy atom. The average molecular weight is 258 g/mol. The summed E-state index contributed by atoms with van der Waals surface area (Å²) in [7, 11) is 1.46. The smallest absolute Gasteiger partial charge is 0.256 e. The lowest BCUT2D eigenvalue weighted by Crippen LogP contribution is -2.47. The molecule has 0 spiro atoms. The highest BCUT2D eigenvalue weighted by molar-refractivity contribution is 5.99. The number of rotatable bonds is 3. The van der Waals surface area contributed by atoms with Crippen molar-refractivity contribution in [1.29, 1.82) is 0 Å². The molecule has 4 nitrogen and oxygen atoms in total. The van der Waals surface area contributed by atoms with Crippen LogP contribution in [0.15, 0.2) is 12.1 Å². The van der Waals surface area contributed by atoms with E-state index in [1.165, 1.54) is 11.9 Å². The quantitative estimate of drug-likeness (QED) is 0.805. The van der Waals surface area contributed by atoms with E-state index >= 15 is 0 Å². The van der Waals surface area contributed by atoms with E-state index in [0.29, 0.717) is 0 Å². The van der Waals surface area contributed by atoms with E-state index in [-0.39, 0.29) is 17.9 Å². The van der Waals surface area contributed by atoms with Crippen molar-refractivity contribution >= 4 is 11.6 Å². The van der Waals surface area contributed by atoms with Crippen molar-refractivity contribution in [2.45, 2.75) is 19.4 Å². The molecule has 1 aromatic carbocycles. The number of amides is 1. The molecule has 3 N–H and O–H groups in total. The van der Waals surface area contributed by atoms with Gasteiger partial charge in [-0.3, -0.25) is 4.79 Å². The number of aliphatic hydroxyl groups excluding tert-OH is 1. The van der Waals surface area contributed by atoms with Gasteiger partial charge in [0.15, 0.2) is 11.6 Å². The van der Waals surface area contributed by atoms with Gasteiger partial charge in [0.1, 0.15) is 0 Å². The van der Waals surface area contributed by atoms with Gasteiger partial charge in [0.05, 0.1) is 17.7 Å². The molecule has 1 amide bonds. The van der Waals surface area contributed by atoms with E-state index in [0.717, 1.165) is 12.1 Å². The van der Waals surface area contributed by atoms with Crippen LogP contribution >= 0.6 is 0 Å². The number of hydrogen-bond donors (Lipinski definition) is 2. The largest absolute Gasteiger partial charge is 0.398 e. The van der Waals surface area contributed by atoms with Gasteiger partial charge in [-0.15, -0.1) is 0 Å². The zero-order valence-electron chi connectivity index (χ0n) is 10.5. The molecule has 0 aromatic heterocycles. The molecular weight excluding hydrogens is 242 g/mol. The van der Waals surface area contributed by atoms with Crippen LogP contribution in [0.5, 0.6) is 0 Å². The summed E-state index contributed by atoms with van der Waals surface area (Å²) < 4.78 is 26.0. The fraction of sp³-hybridized carbons (Fsp3) is 0.417. The number of carbonyl (C=O) groups excluding carboxylic acids is 1. The van der Waals surface area contributed by atoms with E-state index in [9.17, 15) is 13.6 Å². The molecule has 0 bridgehead atoms. The van der Waals surface area contributed by atoms with Crippen molar-refractivity contribution in [3.63, 3.8) is 0 Å². The summed E-state index contributed by atoms with van der Waals surface area (Å²) in [6, 6.07) is 1.53. The second-order valence-corrected chi connectivity index (χ2v) is 4.69. The predicted octanol–water partition coefficient (Wildman–Crippen LogP) is 1.39. The predicted molar refractivity (Wildman–Crippen MR) is 64.0 cm³/mol. The Labute approximate surface area is 104 Å². The molecule has 1 aromatic rings. The summed E-state index contributed by atoms with van der Waals surface area (Å²) in [6.07, 6.45) is 0. The van der Waals surface area contributed by atoms with Crippen LogP contribution in [0.1, 0.15) is 24.2 Å². The summed E-state index contributed by atoms with van der Waals surface area (Å²) in [5.41, 5.74) is 4.41. The van der Waals surface area contributed by atoms with E-state index in [1.807, 2.05) is 0 Å². The van der Waals surface area contributed by atoms with Gasteiger partial charge >= 0.3 is 0 Å². The van der Waals surface area contributed by atoms with Crippen LogP contribution in [0.2, 0.25) is 0 Å². The molecule has 0 saturated carbocycles. The van der Waals surface area contributed by atoms with Gasteiger partial charge in [-0.1, -0.05) is 0 Å². The monoisotopic (exact) mass is 258 g/mol. The Morgan fingerprint density at radius 1 is 1.39 bits per heavy atom. The van der Waals surface area contributed by atoms with Gasteiger partial charge in [-0.25, -0.2) is 8.78 Å². The molecule has 0 aliphatic heterocycles. The first-order valence-corrected chi connectivity index (χ1v) is 5.34. The molecule has 100 valence electrons. The van der Waals surface area contributed by atoms with Gasteiger partial charge in [-0.05, 0) is 19.9 Å². The Balaban J connectivity index is 3.16. The van der Waals surface area contributed by atoms with Crippen LogP contribution in [0, 0.1) is 11.6 Å². The number of benzene rings is 1. The maximum absolute atomic E-state index is 13.1. The first-order valence-electron chi connectivity index (χ1n) is 5.34. The normalized spacial score (nSPS) is 11.4. The molecular formula is C12H16F2N2O2. The number of carbonyl (C=O) groups is 1. The molecule has 0 fully saturated rings. The number of aliphatic hydroxyl groups is 1. The van der Waals surface area contributed by atoms with Gasteiger partial charge in [-0.2, -0.15) is 0 Å². The SMILES string of the molecule is CN(C(=O)c1cc(F)c(F)cc1N)C(C)(C)CO. The lowest BCUT2D eigenvalue weighted by Gasteiger charge is -2.34. The van der Waals surface area contributed by atoms with Crippen molar-refractivity contribution in [1.82, 2.24) is 4.90 Å². The fourth-order valence-electron chi connectivity index (χ4n) is 1.31. The Hall–Kier alpha value is -1.69. The van der Waals surface area contributed by atoms with Crippen molar-refractivity contribution in [3.8, 4) is 0 Å². The maximum Gasteiger partial charge on any atom is 0.256 e. The second kappa shape index (κ2) is 4.89. The zero-order valence-corrected chi connectivity index (χ0v) is 10.5. The summed E-state index contributed by atoms with van der Waals surface area (Å²) in [6.45, 7) is 3.01. The Kier molecular flexibility index (Phi) is 3.91. The van der Waals surface area contributed by atoms with E-state index in [4.69, 9.17) is 10.8 Å². The highest BCUT2D eigenvalue weighted by atomic mass is 19.2. The highest BCUT2D eigenvalue weighted by Crippen LogP contribution is 2.21. The number of nitrogens with zero attached hydrogens (tertiary/aromatic N) is 1. The molecule has 0 saturated heterocycles. The standard InChI is InChI=1S/C12H16F2N2O2/c1-12(2,6-17)16(3)11(18)7-4-8(13)9(14)5-10(7)15/h4-5,17H,6,15H2,1-3H3. The number of anilines is 1. The number of nitrogen functional groups attached to an aromatic ring is 1. The van der Waals surface area contributed by atoms with E-state index in [1.54, 1.807) is 13.8 Å². The first-order chi connectivity index (χ1) is 8.20. The van der Waals surface area contributed by atoms with Gasteiger partial charge in [0.2, 0.25) is 0 Å². The zero-order chi connectivity index (χ0) is 14.1. The van der Waals surface area contributed by atoms with Crippen LogP contribution in [0.25, 0.3) is 0 Å². The van der Waals surface area contributed by atoms with Crippen molar-refractivity contribution < 1.29 is 18.7 Å². The number of nitrogens with two attached hydrogens (primary N) is 1. The lowest BCUT2D eigenvalue weighted by atomic mass is 10.0. The average Bonchev–Trinajstić information content (AvgIpc) is 2.32. The summed E-state index contributed by atoms with van der Waals surface area (Å²) >= 11 is 0. The number of hydrogen-bond acceptors (Lipinski definition) is 3. The van der Waals surface area contributed by atoms with E-state index < -0.39 is 23.1 Å². The van der Waals surface area contributed by atoms with Crippen molar-refractivity contribution in [2.24, 2.45) is 0 Å². The Bertz CT molecular complexity index is 475. The second-order valence-electron chi connectivity index (χ2n) is 4.69. The molecule has 1 rings (SSSR count). The molecule has 18 heavy (non-hydrogen) atoms. The molecule has 0 aliphatic rings. The van der Waals surface area contributed by atoms with Crippen molar-refractivity contribution in [3.05, 3.63) is 29.3 Å². The van der Waals surface area contributed by atoms with Crippen LogP contribution in [0.3, 0.4) is 0 Å². The molecule has 0 heterocycles. The minimum atomic E-state index is -1.14. The third-order valence-corrected chi connectivity index (χ3v) is 2.92. The topological polar surface area (TPSA) is 66.6 Å². The van der Waals surface area contributed by atoms with Crippen LogP contribution in [0.4, 0.5) is 14.5 Å².